The van der Waals surface area contributed by atoms with E-state index < -0.39 is 6.10 Å². The maximum atomic E-state index is 10.4. The van der Waals surface area contributed by atoms with Crippen molar-refractivity contribution in [1.29, 1.82) is 0 Å². The van der Waals surface area contributed by atoms with Crippen LogP contribution in [0.3, 0.4) is 0 Å². The van der Waals surface area contributed by atoms with E-state index in [0.29, 0.717) is 24.0 Å². The summed E-state index contributed by atoms with van der Waals surface area (Å²) in [6.45, 7) is 4.72. The molecule has 0 radical (unpaired) electrons. The molecule has 0 aromatic heterocycles. The molecular formula is C15H25NO3. The molecule has 1 aromatic rings. The molecule has 2 unspecified atom stereocenters. The van der Waals surface area contributed by atoms with Gasteiger partial charge in [0.05, 0.1) is 20.3 Å². The summed E-state index contributed by atoms with van der Waals surface area (Å²) < 4.78 is 10.4. The van der Waals surface area contributed by atoms with Gasteiger partial charge in [-0.2, -0.15) is 0 Å². The van der Waals surface area contributed by atoms with E-state index in [1.165, 1.54) is 0 Å². The number of ether oxygens (including phenoxy) is 2. The maximum Gasteiger partial charge on any atom is 0.161 e. The van der Waals surface area contributed by atoms with Crippen molar-refractivity contribution < 1.29 is 14.6 Å². The molecule has 19 heavy (non-hydrogen) atoms. The number of benzene rings is 1. The lowest BCUT2D eigenvalue weighted by molar-refractivity contribution is 0.0991. The minimum atomic E-state index is -0.577. The van der Waals surface area contributed by atoms with Crippen molar-refractivity contribution >= 4 is 0 Å². The summed E-state index contributed by atoms with van der Waals surface area (Å²) in [6.07, 6.45) is 0.318. The summed E-state index contributed by atoms with van der Waals surface area (Å²) in [5.74, 6) is 1.84. The molecule has 0 bridgehead atoms. The van der Waals surface area contributed by atoms with Gasteiger partial charge in [-0.05, 0) is 36.6 Å². The van der Waals surface area contributed by atoms with Gasteiger partial charge < -0.3 is 20.3 Å². The first-order chi connectivity index (χ1) is 9.03. The number of aliphatic hydroxyl groups excluding tert-OH is 1. The Balaban J connectivity index is 2.94. The Morgan fingerprint density at radius 1 is 1.16 bits per heavy atom. The van der Waals surface area contributed by atoms with Crippen LogP contribution in [-0.4, -0.2) is 25.9 Å². The van der Waals surface area contributed by atoms with Crippen molar-refractivity contribution in [3.8, 4) is 11.5 Å². The summed E-state index contributed by atoms with van der Waals surface area (Å²) >= 11 is 0. The second-order valence-corrected chi connectivity index (χ2v) is 5.18. The normalized spacial score (nSPS) is 14.3. The number of aliphatic hydroxyl groups is 1. The summed E-state index contributed by atoms with van der Waals surface area (Å²) in [7, 11) is 3.18. The van der Waals surface area contributed by atoms with Gasteiger partial charge in [-0.1, -0.05) is 19.9 Å². The van der Waals surface area contributed by atoms with Crippen LogP contribution in [0.5, 0.6) is 11.5 Å². The van der Waals surface area contributed by atoms with Crippen LogP contribution >= 0.6 is 0 Å². The fourth-order valence-electron chi connectivity index (χ4n) is 2.27. The number of hydrogen-bond acceptors (Lipinski definition) is 4. The predicted molar refractivity (Wildman–Crippen MR) is 76.5 cm³/mol. The van der Waals surface area contributed by atoms with Crippen LogP contribution in [0.15, 0.2) is 18.2 Å². The van der Waals surface area contributed by atoms with Crippen molar-refractivity contribution in [1.82, 2.24) is 0 Å². The Morgan fingerprint density at radius 2 is 1.79 bits per heavy atom. The highest BCUT2D eigenvalue weighted by molar-refractivity contribution is 5.43. The monoisotopic (exact) mass is 267 g/mol. The van der Waals surface area contributed by atoms with Crippen LogP contribution in [0.2, 0.25) is 0 Å². The lowest BCUT2D eigenvalue weighted by atomic mass is 9.88. The molecule has 1 rings (SSSR count). The molecular weight excluding hydrogens is 242 g/mol. The lowest BCUT2D eigenvalue weighted by Crippen LogP contribution is -2.23. The van der Waals surface area contributed by atoms with E-state index in [4.69, 9.17) is 15.2 Å². The largest absolute Gasteiger partial charge is 0.493 e. The van der Waals surface area contributed by atoms with Crippen molar-refractivity contribution in [3.05, 3.63) is 23.8 Å². The minimum Gasteiger partial charge on any atom is -0.493 e. The standard InChI is InChI=1S/C15H25NO3/c1-10(2)7-12(9-16)15(17)11-5-6-13(18-3)14(8-11)19-4/h5-6,8,10,12,15,17H,7,9,16H2,1-4H3. The molecule has 0 aliphatic rings. The van der Waals surface area contributed by atoms with Gasteiger partial charge in [0.15, 0.2) is 11.5 Å². The van der Waals surface area contributed by atoms with E-state index in [-0.39, 0.29) is 5.92 Å². The molecule has 4 heteroatoms. The van der Waals surface area contributed by atoms with Crippen molar-refractivity contribution in [2.75, 3.05) is 20.8 Å². The molecule has 0 aliphatic heterocycles. The van der Waals surface area contributed by atoms with E-state index in [9.17, 15) is 5.11 Å². The van der Waals surface area contributed by atoms with E-state index in [1.54, 1.807) is 20.3 Å². The Labute approximate surface area is 115 Å². The number of nitrogens with two attached hydrogens (primary N) is 1. The average molecular weight is 267 g/mol. The number of hydrogen-bond donors (Lipinski definition) is 2. The second kappa shape index (κ2) is 7.36. The summed E-state index contributed by atoms with van der Waals surface area (Å²) in [5, 5.41) is 10.4. The first-order valence-electron chi connectivity index (χ1n) is 6.63. The molecule has 3 N–H and O–H groups in total. The third-order valence-corrected chi connectivity index (χ3v) is 3.27. The number of methoxy groups -OCH3 is 2. The van der Waals surface area contributed by atoms with E-state index in [0.717, 1.165) is 12.0 Å². The second-order valence-electron chi connectivity index (χ2n) is 5.18. The molecule has 0 saturated carbocycles. The Kier molecular flexibility index (Phi) is 6.12. The molecule has 108 valence electrons. The van der Waals surface area contributed by atoms with Crippen LogP contribution in [0.4, 0.5) is 0 Å². The van der Waals surface area contributed by atoms with Gasteiger partial charge in [-0.25, -0.2) is 0 Å². The molecule has 1 aromatic carbocycles. The molecule has 0 spiro atoms. The SMILES string of the molecule is COc1ccc(C(O)C(CN)CC(C)C)cc1OC. The summed E-state index contributed by atoms with van der Waals surface area (Å²) in [5.41, 5.74) is 6.58. The topological polar surface area (TPSA) is 64.7 Å². The minimum absolute atomic E-state index is 0.0538. The van der Waals surface area contributed by atoms with E-state index in [1.807, 2.05) is 12.1 Å². The predicted octanol–water partition coefficient (Wildman–Crippen LogP) is 2.36. The maximum absolute atomic E-state index is 10.4. The Morgan fingerprint density at radius 3 is 2.26 bits per heavy atom. The zero-order chi connectivity index (χ0) is 14.4. The zero-order valence-corrected chi connectivity index (χ0v) is 12.2. The first kappa shape index (κ1) is 15.8. The van der Waals surface area contributed by atoms with Gasteiger partial charge in [-0.15, -0.1) is 0 Å². The van der Waals surface area contributed by atoms with E-state index >= 15 is 0 Å². The van der Waals surface area contributed by atoms with Gasteiger partial charge in [0.1, 0.15) is 0 Å². The van der Waals surface area contributed by atoms with Crippen LogP contribution in [0.25, 0.3) is 0 Å². The first-order valence-corrected chi connectivity index (χ1v) is 6.63. The van der Waals surface area contributed by atoms with Gasteiger partial charge in [0.25, 0.3) is 0 Å². The van der Waals surface area contributed by atoms with Crippen molar-refractivity contribution in [3.63, 3.8) is 0 Å². The fourth-order valence-corrected chi connectivity index (χ4v) is 2.27. The van der Waals surface area contributed by atoms with Gasteiger partial charge in [0, 0.05) is 5.92 Å². The average Bonchev–Trinajstić information content (AvgIpc) is 2.42. The highest BCUT2D eigenvalue weighted by Crippen LogP contribution is 2.33. The molecule has 0 fully saturated rings. The van der Waals surface area contributed by atoms with Crippen molar-refractivity contribution in [2.24, 2.45) is 17.6 Å². The molecule has 0 heterocycles. The molecule has 0 aliphatic carbocycles. The Bertz CT molecular complexity index is 393. The summed E-state index contributed by atoms with van der Waals surface area (Å²) in [6, 6.07) is 5.47. The van der Waals surface area contributed by atoms with Crippen LogP contribution < -0.4 is 15.2 Å². The molecule has 2 atom stereocenters. The van der Waals surface area contributed by atoms with Gasteiger partial charge in [-0.3, -0.25) is 0 Å². The zero-order valence-electron chi connectivity index (χ0n) is 12.2. The fraction of sp³-hybridized carbons (Fsp3) is 0.600. The van der Waals surface area contributed by atoms with Crippen LogP contribution in [0, 0.1) is 11.8 Å². The smallest absolute Gasteiger partial charge is 0.161 e. The Hall–Kier alpha value is -1.26. The molecule has 0 saturated heterocycles. The van der Waals surface area contributed by atoms with Crippen LogP contribution in [0.1, 0.15) is 31.9 Å². The summed E-state index contributed by atoms with van der Waals surface area (Å²) in [4.78, 5) is 0. The van der Waals surface area contributed by atoms with Crippen LogP contribution in [-0.2, 0) is 0 Å². The third kappa shape index (κ3) is 4.11. The highest BCUT2D eigenvalue weighted by Gasteiger charge is 2.21. The molecule has 0 amide bonds. The molecule has 4 nitrogen and oxygen atoms in total. The third-order valence-electron chi connectivity index (χ3n) is 3.27. The van der Waals surface area contributed by atoms with Gasteiger partial charge in [0.2, 0.25) is 0 Å². The van der Waals surface area contributed by atoms with Gasteiger partial charge >= 0.3 is 0 Å². The highest BCUT2D eigenvalue weighted by atomic mass is 16.5. The lowest BCUT2D eigenvalue weighted by Gasteiger charge is -2.24. The van der Waals surface area contributed by atoms with Crippen molar-refractivity contribution in [2.45, 2.75) is 26.4 Å². The number of rotatable bonds is 7. The quantitative estimate of drug-likeness (QED) is 0.796. The van der Waals surface area contributed by atoms with E-state index in [2.05, 4.69) is 13.8 Å².